The predicted molar refractivity (Wildman–Crippen MR) is 113 cm³/mol. The summed E-state index contributed by atoms with van der Waals surface area (Å²) in [5.41, 5.74) is 2.01. The first-order valence-corrected chi connectivity index (χ1v) is 9.43. The monoisotopic (exact) mass is 386 g/mol. The maximum absolute atomic E-state index is 13.2. The number of carbonyl (C=O) groups is 2. The molecule has 146 valence electrons. The van der Waals surface area contributed by atoms with Crippen LogP contribution in [0.5, 0.6) is 5.75 Å². The average molecular weight is 386 g/mol. The minimum absolute atomic E-state index is 0.0335. The fraction of sp³-hybridized carbons (Fsp3) is 0.120. The SMILES string of the molecule is CCOC(=O)C(=Cc1ccccc1)C(=O)c1ccccc1OCc1ccccc1. The quantitative estimate of drug-likeness (QED) is 0.178. The van der Waals surface area contributed by atoms with Crippen molar-refractivity contribution in [3.05, 3.63) is 107 Å². The Labute approximate surface area is 170 Å². The van der Waals surface area contributed by atoms with Crippen LogP contribution in [0.3, 0.4) is 0 Å². The summed E-state index contributed by atoms with van der Waals surface area (Å²) in [4.78, 5) is 25.7. The summed E-state index contributed by atoms with van der Waals surface area (Å²) in [6.45, 7) is 2.21. The molecule has 3 rings (SSSR count). The van der Waals surface area contributed by atoms with Crippen LogP contribution < -0.4 is 4.74 Å². The van der Waals surface area contributed by atoms with Crippen molar-refractivity contribution in [1.29, 1.82) is 0 Å². The van der Waals surface area contributed by atoms with Crippen LogP contribution in [0, 0.1) is 0 Å². The molecule has 0 unspecified atom stereocenters. The molecule has 0 aliphatic rings. The van der Waals surface area contributed by atoms with Crippen LogP contribution in [-0.2, 0) is 16.1 Å². The molecule has 3 aromatic carbocycles. The van der Waals surface area contributed by atoms with E-state index in [0.29, 0.717) is 17.9 Å². The molecule has 0 N–H and O–H groups in total. The number of para-hydroxylation sites is 1. The Hall–Kier alpha value is -3.66. The minimum Gasteiger partial charge on any atom is -0.488 e. The molecule has 0 saturated heterocycles. The highest BCUT2D eigenvalue weighted by molar-refractivity contribution is 6.27. The van der Waals surface area contributed by atoms with Crippen molar-refractivity contribution in [3.8, 4) is 5.75 Å². The first kappa shape index (κ1) is 20.1. The minimum atomic E-state index is -0.654. The predicted octanol–water partition coefficient (Wildman–Crippen LogP) is 5.10. The van der Waals surface area contributed by atoms with Crippen LogP contribution in [0.2, 0.25) is 0 Å². The Morgan fingerprint density at radius 3 is 2.14 bits per heavy atom. The van der Waals surface area contributed by atoms with Crippen molar-refractivity contribution < 1.29 is 19.1 Å². The van der Waals surface area contributed by atoms with E-state index in [0.717, 1.165) is 11.1 Å². The summed E-state index contributed by atoms with van der Waals surface area (Å²) in [7, 11) is 0. The van der Waals surface area contributed by atoms with E-state index in [-0.39, 0.29) is 12.2 Å². The normalized spacial score (nSPS) is 11.0. The number of hydrogen-bond acceptors (Lipinski definition) is 4. The summed E-state index contributed by atoms with van der Waals surface area (Å²) in [6.07, 6.45) is 1.55. The summed E-state index contributed by atoms with van der Waals surface area (Å²) in [5.74, 6) is -0.667. The van der Waals surface area contributed by atoms with Crippen LogP contribution in [0.15, 0.2) is 90.5 Å². The molecule has 0 aliphatic carbocycles. The Morgan fingerprint density at radius 2 is 1.45 bits per heavy atom. The molecule has 0 atom stereocenters. The lowest BCUT2D eigenvalue weighted by atomic mass is 10.00. The number of ketones is 1. The molecule has 0 fully saturated rings. The molecule has 0 radical (unpaired) electrons. The van der Waals surface area contributed by atoms with Gasteiger partial charge < -0.3 is 9.47 Å². The smallest absolute Gasteiger partial charge is 0.342 e. The first-order chi connectivity index (χ1) is 14.2. The van der Waals surface area contributed by atoms with Gasteiger partial charge in [0.2, 0.25) is 5.78 Å². The summed E-state index contributed by atoms with van der Waals surface area (Å²) >= 11 is 0. The summed E-state index contributed by atoms with van der Waals surface area (Å²) in [6, 6.07) is 25.8. The Kier molecular flexibility index (Phi) is 6.95. The third kappa shape index (κ3) is 5.42. The third-order valence-corrected chi connectivity index (χ3v) is 4.22. The molecule has 4 nitrogen and oxygen atoms in total. The van der Waals surface area contributed by atoms with Gasteiger partial charge in [0.05, 0.1) is 12.2 Å². The molecular formula is C25H22O4. The lowest BCUT2D eigenvalue weighted by Crippen LogP contribution is -2.17. The molecular weight excluding hydrogens is 364 g/mol. The molecule has 29 heavy (non-hydrogen) atoms. The maximum Gasteiger partial charge on any atom is 0.342 e. The second-order valence-electron chi connectivity index (χ2n) is 6.29. The van der Waals surface area contributed by atoms with E-state index in [4.69, 9.17) is 9.47 Å². The van der Waals surface area contributed by atoms with Crippen molar-refractivity contribution in [3.63, 3.8) is 0 Å². The highest BCUT2D eigenvalue weighted by Crippen LogP contribution is 2.24. The number of esters is 1. The maximum atomic E-state index is 13.2. The molecule has 0 bridgehead atoms. The van der Waals surface area contributed by atoms with E-state index >= 15 is 0 Å². The molecule has 4 heteroatoms. The van der Waals surface area contributed by atoms with Crippen molar-refractivity contribution in [2.24, 2.45) is 0 Å². The average Bonchev–Trinajstić information content (AvgIpc) is 2.77. The number of hydrogen-bond donors (Lipinski definition) is 0. The van der Waals surface area contributed by atoms with E-state index in [1.54, 1.807) is 37.3 Å². The molecule has 0 spiro atoms. The van der Waals surface area contributed by atoms with Crippen molar-refractivity contribution in [1.82, 2.24) is 0 Å². The molecule has 0 aliphatic heterocycles. The van der Waals surface area contributed by atoms with Gasteiger partial charge in [-0.3, -0.25) is 4.79 Å². The summed E-state index contributed by atoms with van der Waals surface area (Å²) in [5, 5.41) is 0. The van der Waals surface area contributed by atoms with Crippen LogP contribution in [0.4, 0.5) is 0 Å². The van der Waals surface area contributed by atoms with Gasteiger partial charge in [-0.1, -0.05) is 72.8 Å². The second kappa shape index (κ2) is 10.0. The van der Waals surface area contributed by atoms with Crippen molar-refractivity contribution in [2.45, 2.75) is 13.5 Å². The standard InChI is InChI=1S/C25H22O4/c1-2-28-25(27)22(17-19-11-5-3-6-12-19)24(26)21-15-9-10-16-23(21)29-18-20-13-7-4-8-14-20/h3-17H,2,18H2,1H3. The van der Waals surface area contributed by atoms with Crippen LogP contribution >= 0.6 is 0 Å². The van der Waals surface area contributed by atoms with Crippen molar-refractivity contribution >= 4 is 17.8 Å². The number of ether oxygens (including phenoxy) is 2. The lowest BCUT2D eigenvalue weighted by molar-refractivity contribution is -0.137. The van der Waals surface area contributed by atoms with E-state index in [1.165, 1.54) is 0 Å². The molecule has 0 aromatic heterocycles. The lowest BCUT2D eigenvalue weighted by Gasteiger charge is -2.12. The van der Waals surface area contributed by atoms with Gasteiger partial charge in [0.15, 0.2) is 0 Å². The topological polar surface area (TPSA) is 52.6 Å². The zero-order valence-electron chi connectivity index (χ0n) is 16.2. The second-order valence-corrected chi connectivity index (χ2v) is 6.29. The highest BCUT2D eigenvalue weighted by atomic mass is 16.5. The zero-order valence-corrected chi connectivity index (χ0v) is 16.2. The largest absolute Gasteiger partial charge is 0.488 e. The van der Waals surface area contributed by atoms with E-state index < -0.39 is 11.8 Å². The van der Waals surface area contributed by atoms with E-state index in [9.17, 15) is 9.59 Å². The fourth-order valence-corrected chi connectivity index (χ4v) is 2.80. The Balaban J connectivity index is 1.91. The van der Waals surface area contributed by atoms with Gasteiger partial charge in [0.25, 0.3) is 0 Å². The molecule has 0 heterocycles. The van der Waals surface area contributed by atoms with Gasteiger partial charge in [0.1, 0.15) is 17.9 Å². The van der Waals surface area contributed by atoms with Crippen LogP contribution in [0.25, 0.3) is 6.08 Å². The van der Waals surface area contributed by atoms with Gasteiger partial charge in [-0.25, -0.2) is 4.79 Å². The highest BCUT2D eigenvalue weighted by Gasteiger charge is 2.24. The van der Waals surface area contributed by atoms with Crippen molar-refractivity contribution in [2.75, 3.05) is 6.61 Å². The molecule has 0 amide bonds. The van der Waals surface area contributed by atoms with E-state index in [2.05, 4.69) is 0 Å². The zero-order chi connectivity index (χ0) is 20.5. The van der Waals surface area contributed by atoms with Gasteiger partial charge in [-0.2, -0.15) is 0 Å². The summed E-state index contributed by atoms with van der Waals surface area (Å²) < 4.78 is 11.0. The molecule has 0 saturated carbocycles. The Morgan fingerprint density at radius 1 is 0.828 bits per heavy atom. The fourth-order valence-electron chi connectivity index (χ4n) is 2.80. The number of rotatable bonds is 8. The first-order valence-electron chi connectivity index (χ1n) is 9.43. The third-order valence-electron chi connectivity index (χ3n) is 4.22. The van der Waals surface area contributed by atoms with Gasteiger partial charge in [-0.05, 0) is 36.3 Å². The van der Waals surface area contributed by atoms with Crippen LogP contribution in [0.1, 0.15) is 28.4 Å². The van der Waals surface area contributed by atoms with E-state index in [1.807, 2.05) is 60.7 Å². The molecule has 3 aromatic rings. The van der Waals surface area contributed by atoms with Gasteiger partial charge in [-0.15, -0.1) is 0 Å². The van der Waals surface area contributed by atoms with Crippen LogP contribution in [-0.4, -0.2) is 18.4 Å². The van der Waals surface area contributed by atoms with Gasteiger partial charge >= 0.3 is 5.97 Å². The Bertz CT molecular complexity index is 992. The number of Topliss-reactive ketones (excluding diaryl/α,β-unsaturated/α-hetero) is 1. The van der Waals surface area contributed by atoms with Gasteiger partial charge in [0, 0.05) is 0 Å². The number of carbonyl (C=O) groups excluding carboxylic acids is 2. The number of benzene rings is 3.